The molecule has 4 rings (SSSR count). The predicted molar refractivity (Wildman–Crippen MR) is 126 cm³/mol. The Morgan fingerprint density at radius 3 is 3.09 bits per heavy atom. The molecule has 2 amide bonds. The third kappa shape index (κ3) is 5.21. The molecule has 0 unspecified atom stereocenters. The molecule has 2 aliphatic rings. The molecule has 1 N–H and O–H groups in total. The first-order valence-electron chi connectivity index (χ1n) is 10.9. The number of carbonyl (C=O) groups is 2. The first-order chi connectivity index (χ1) is 16.1. The lowest BCUT2D eigenvalue weighted by atomic mass is 10.1. The van der Waals surface area contributed by atoms with E-state index in [2.05, 4.69) is 21.3 Å². The fraction of sp³-hybridized carbons (Fsp3) is 0.478. The van der Waals surface area contributed by atoms with Crippen LogP contribution in [0.1, 0.15) is 16.8 Å². The van der Waals surface area contributed by atoms with E-state index in [1.54, 1.807) is 19.4 Å². The van der Waals surface area contributed by atoms with Gasteiger partial charge in [0.1, 0.15) is 6.04 Å². The molecule has 2 aromatic rings. The Hall–Kier alpha value is -2.87. The second-order valence-electron chi connectivity index (χ2n) is 7.95. The zero-order valence-corrected chi connectivity index (χ0v) is 19.3. The van der Waals surface area contributed by atoms with E-state index in [1.165, 1.54) is 16.7 Å². The topological polar surface area (TPSA) is 108 Å². The summed E-state index contributed by atoms with van der Waals surface area (Å²) in [6.07, 6.45) is 2.44. The lowest BCUT2D eigenvalue weighted by molar-refractivity contribution is -0.129. The highest BCUT2D eigenvalue weighted by Gasteiger charge is 2.29. The van der Waals surface area contributed by atoms with Crippen LogP contribution < -0.4 is 10.2 Å². The summed E-state index contributed by atoms with van der Waals surface area (Å²) in [5, 5.41) is 12.6. The second kappa shape index (κ2) is 10.8. The van der Waals surface area contributed by atoms with Crippen LogP contribution in [-0.2, 0) is 14.3 Å². The second-order valence-corrected chi connectivity index (χ2v) is 8.95. The van der Waals surface area contributed by atoms with Crippen molar-refractivity contribution < 1.29 is 19.1 Å². The molecule has 2 atom stereocenters. The molecule has 1 aromatic carbocycles. The summed E-state index contributed by atoms with van der Waals surface area (Å²) in [5.41, 5.74) is 2.17. The molecule has 0 saturated carbocycles. The summed E-state index contributed by atoms with van der Waals surface area (Å²) >= 11 is 1.54. The van der Waals surface area contributed by atoms with Gasteiger partial charge in [0.2, 0.25) is 5.91 Å². The zero-order valence-electron chi connectivity index (χ0n) is 18.5. The Labute approximate surface area is 197 Å². The van der Waals surface area contributed by atoms with Crippen molar-refractivity contribution in [1.82, 2.24) is 15.2 Å². The van der Waals surface area contributed by atoms with Crippen LogP contribution >= 0.6 is 11.8 Å². The molecule has 3 heterocycles. The highest BCUT2D eigenvalue weighted by atomic mass is 32.2. The van der Waals surface area contributed by atoms with Gasteiger partial charge in [-0.15, -0.1) is 11.8 Å². The Balaban J connectivity index is 1.52. The minimum Gasteiger partial charge on any atom is -0.385 e. The van der Waals surface area contributed by atoms with Gasteiger partial charge in [-0.25, -0.2) is 0 Å². The van der Waals surface area contributed by atoms with E-state index in [9.17, 15) is 14.9 Å². The van der Waals surface area contributed by atoms with E-state index in [0.29, 0.717) is 42.5 Å². The number of rotatable bonds is 7. The number of hydrogen-bond donors (Lipinski definition) is 1. The summed E-state index contributed by atoms with van der Waals surface area (Å²) in [7, 11) is 1.69. The van der Waals surface area contributed by atoms with Crippen molar-refractivity contribution in [1.29, 1.82) is 5.26 Å². The zero-order chi connectivity index (χ0) is 23.2. The molecule has 0 bridgehead atoms. The summed E-state index contributed by atoms with van der Waals surface area (Å²) in [4.78, 5) is 33.7. The van der Waals surface area contributed by atoms with Crippen molar-refractivity contribution in [2.45, 2.75) is 18.5 Å². The minimum absolute atomic E-state index is 0.149. The average Bonchev–Trinajstić information content (AvgIpc) is 3.34. The summed E-state index contributed by atoms with van der Waals surface area (Å²) < 4.78 is 10.9. The van der Waals surface area contributed by atoms with E-state index in [-0.39, 0.29) is 24.4 Å². The monoisotopic (exact) mass is 469 g/mol. The average molecular weight is 470 g/mol. The standard InChI is InChI=1S/C23H27N5O4S/c1-31-8-5-17-13-32-9-7-27(17)16-2-3-21-20(10-16)19(4-6-25-21)23(30)26-12-22(29)28-15-33-14-18(28)11-24/h2-4,6,10,17-18H,5,7-9,12-15H2,1H3,(H,26,30)/t17-,18-/m1/s1. The number of anilines is 1. The number of thioether (sulfide) groups is 1. The lowest BCUT2D eigenvalue weighted by Crippen LogP contribution is -2.46. The van der Waals surface area contributed by atoms with Crippen LogP contribution in [0.4, 0.5) is 5.69 Å². The Kier molecular flexibility index (Phi) is 7.65. The number of hydrogen-bond acceptors (Lipinski definition) is 8. The minimum atomic E-state index is -0.441. The van der Waals surface area contributed by atoms with Crippen LogP contribution in [0.25, 0.3) is 10.9 Å². The van der Waals surface area contributed by atoms with Gasteiger partial charge in [-0.1, -0.05) is 0 Å². The van der Waals surface area contributed by atoms with E-state index < -0.39 is 6.04 Å². The van der Waals surface area contributed by atoms with Gasteiger partial charge in [-0.2, -0.15) is 5.26 Å². The number of fused-ring (bicyclic) bond motifs is 1. The molecule has 2 saturated heterocycles. The number of nitriles is 1. The van der Waals surface area contributed by atoms with Crippen molar-refractivity contribution in [3.63, 3.8) is 0 Å². The van der Waals surface area contributed by atoms with Crippen LogP contribution in [0, 0.1) is 11.3 Å². The number of carbonyl (C=O) groups excluding carboxylic acids is 2. The summed E-state index contributed by atoms with van der Waals surface area (Å²) in [6, 6.07) is 9.45. The molecule has 0 spiro atoms. The molecule has 9 nitrogen and oxygen atoms in total. The van der Waals surface area contributed by atoms with Gasteiger partial charge in [0.15, 0.2) is 0 Å². The smallest absolute Gasteiger partial charge is 0.252 e. The number of morpholine rings is 1. The number of methoxy groups -OCH3 is 1. The molecule has 2 fully saturated rings. The van der Waals surface area contributed by atoms with Gasteiger partial charge in [0.25, 0.3) is 5.91 Å². The maximum atomic E-state index is 13.0. The van der Waals surface area contributed by atoms with Crippen LogP contribution in [0.5, 0.6) is 0 Å². The SMILES string of the molecule is COCC[C@@H]1COCCN1c1ccc2nccc(C(=O)NCC(=O)N3CSC[C@H]3C#N)c2c1. The Bertz CT molecular complexity index is 1060. The number of ether oxygens (including phenoxy) is 2. The fourth-order valence-corrected chi connectivity index (χ4v) is 5.25. The van der Waals surface area contributed by atoms with Crippen molar-refractivity contribution in [3.8, 4) is 6.07 Å². The van der Waals surface area contributed by atoms with Crippen molar-refractivity contribution >= 4 is 40.2 Å². The summed E-state index contributed by atoms with van der Waals surface area (Å²) in [6.45, 7) is 2.52. The number of amides is 2. The van der Waals surface area contributed by atoms with Crippen LogP contribution in [0.15, 0.2) is 30.5 Å². The van der Waals surface area contributed by atoms with Gasteiger partial charge in [-0.05, 0) is 30.7 Å². The molecular formula is C23H27N5O4S. The highest BCUT2D eigenvalue weighted by molar-refractivity contribution is 7.99. The molecular weight excluding hydrogens is 442 g/mol. The van der Waals surface area contributed by atoms with Gasteiger partial charge >= 0.3 is 0 Å². The largest absolute Gasteiger partial charge is 0.385 e. The Morgan fingerprint density at radius 2 is 2.27 bits per heavy atom. The molecule has 1 aromatic heterocycles. The summed E-state index contributed by atoms with van der Waals surface area (Å²) in [5.74, 6) is 0.471. The normalized spacial score (nSPS) is 20.6. The quantitative estimate of drug-likeness (QED) is 0.652. The number of nitrogens with zero attached hydrogens (tertiary/aromatic N) is 4. The van der Waals surface area contributed by atoms with Gasteiger partial charge < -0.3 is 24.6 Å². The Morgan fingerprint density at radius 1 is 1.39 bits per heavy atom. The fourth-order valence-electron chi connectivity index (χ4n) is 4.15. The van der Waals surface area contributed by atoms with Crippen molar-refractivity contribution in [2.24, 2.45) is 0 Å². The van der Waals surface area contributed by atoms with E-state index in [0.717, 1.165) is 24.0 Å². The molecule has 33 heavy (non-hydrogen) atoms. The highest BCUT2D eigenvalue weighted by Crippen LogP contribution is 2.27. The van der Waals surface area contributed by atoms with Crippen LogP contribution in [0.2, 0.25) is 0 Å². The predicted octanol–water partition coefficient (Wildman–Crippen LogP) is 1.63. The number of benzene rings is 1. The first-order valence-corrected chi connectivity index (χ1v) is 12.0. The van der Waals surface area contributed by atoms with E-state index >= 15 is 0 Å². The first kappa shape index (κ1) is 23.3. The molecule has 0 radical (unpaired) electrons. The van der Waals surface area contributed by atoms with E-state index in [1.807, 2.05) is 18.2 Å². The van der Waals surface area contributed by atoms with Crippen LogP contribution in [-0.4, -0.2) is 85.4 Å². The maximum Gasteiger partial charge on any atom is 0.252 e. The number of pyridine rings is 1. The van der Waals surface area contributed by atoms with Gasteiger partial charge in [-0.3, -0.25) is 14.6 Å². The van der Waals surface area contributed by atoms with Gasteiger partial charge in [0, 0.05) is 43.3 Å². The number of nitrogens with one attached hydrogen (secondary N) is 1. The molecule has 0 aliphatic carbocycles. The molecule has 10 heteroatoms. The van der Waals surface area contributed by atoms with E-state index in [4.69, 9.17) is 9.47 Å². The van der Waals surface area contributed by atoms with Crippen molar-refractivity contribution in [2.75, 3.05) is 56.5 Å². The lowest BCUT2D eigenvalue weighted by Gasteiger charge is -2.37. The third-order valence-corrected chi connectivity index (χ3v) is 6.95. The maximum absolute atomic E-state index is 13.0. The third-order valence-electron chi connectivity index (χ3n) is 5.94. The van der Waals surface area contributed by atoms with Gasteiger partial charge in [0.05, 0.1) is 48.8 Å². The molecule has 174 valence electrons. The molecule has 2 aliphatic heterocycles. The van der Waals surface area contributed by atoms with Crippen LogP contribution in [0.3, 0.4) is 0 Å². The number of aromatic nitrogens is 1. The van der Waals surface area contributed by atoms with Crippen molar-refractivity contribution in [3.05, 3.63) is 36.0 Å².